The summed E-state index contributed by atoms with van der Waals surface area (Å²) in [6.07, 6.45) is 0. The van der Waals surface area contributed by atoms with Crippen LogP contribution in [0, 0.1) is 0 Å². The summed E-state index contributed by atoms with van der Waals surface area (Å²) >= 11 is 1.20. The lowest BCUT2D eigenvalue weighted by atomic mass is 10.2. The van der Waals surface area contributed by atoms with Crippen molar-refractivity contribution in [3.8, 4) is 11.5 Å². The van der Waals surface area contributed by atoms with Crippen molar-refractivity contribution in [2.45, 2.75) is 20.0 Å². The third kappa shape index (κ3) is 4.46. The van der Waals surface area contributed by atoms with E-state index in [0.29, 0.717) is 33.2 Å². The van der Waals surface area contributed by atoms with E-state index in [9.17, 15) is 19.2 Å². The number of carbonyl (C=O) groups is 2. The van der Waals surface area contributed by atoms with Gasteiger partial charge in [0.25, 0.3) is 5.56 Å². The van der Waals surface area contributed by atoms with Crippen LogP contribution in [0.1, 0.15) is 12.7 Å². The van der Waals surface area contributed by atoms with E-state index in [0.717, 1.165) is 0 Å². The number of amides is 2. The summed E-state index contributed by atoms with van der Waals surface area (Å²) in [5.74, 6) is 0.449. The number of aromatic amines is 1. The van der Waals surface area contributed by atoms with Gasteiger partial charge in [-0.25, -0.2) is 9.78 Å². The number of fused-ring (bicyclic) bond motifs is 1. The molecule has 0 atom stereocenters. The number of aromatic nitrogens is 3. The molecule has 0 radical (unpaired) electrons. The molecule has 0 fully saturated rings. The standard InChI is InChI=1S/C20H17N5O5S/c1-11(26)21-8-12-6-7-16(30-12)14-10-31-19(22-14)23-17(27)9-25-15-5-3-2-4-13(15)18(28)24-20(25)29/h2-7,10H,8-9H2,1H3,(H,21,26)(H,22,23,27)(H,24,28,29). The minimum atomic E-state index is -0.666. The highest BCUT2D eigenvalue weighted by Crippen LogP contribution is 2.26. The maximum absolute atomic E-state index is 12.5. The molecular weight excluding hydrogens is 422 g/mol. The molecule has 11 heteroatoms. The van der Waals surface area contributed by atoms with Gasteiger partial charge in [-0.15, -0.1) is 11.3 Å². The van der Waals surface area contributed by atoms with Crippen LogP contribution in [-0.2, 0) is 22.7 Å². The predicted molar refractivity (Wildman–Crippen MR) is 115 cm³/mol. The molecule has 0 aliphatic rings. The Balaban J connectivity index is 1.48. The molecule has 0 bridgehead atoms. The van der Waals surface area contributed by atoms with Gasteiger partial charge < -0.3 is 15.1 Å². The molecule has 3 heterocycles. The second-order valence-electron chi connectivity index (χ2n) is 6.62. The summed E-state index contributed by atoms with van der Waals surface area (Å²) in [5.41, 5.74) is -0.270. The Labute approximate surface area is 178 Å². The lowest BCUT2D eigenvalue weighted by molar-refractivity contribution is -0.119. The fourth-order valence-electron chi connectivity index (χ4n) is 2.97. The number of thiazole rings is 1. The van der Waals surface area contributed by atoms with Crippen molar-refractivity contribution >= 4 is 39.2 Å². The zero-order valence-corrected chi connectivity index (χ0v) is 17.1. The van der Waals surface area contributed by atoms with Crippen molar-refractivity contribution < 1.29 is 14.0 Å². The highest BCUT2D eigenvalue weighted by atomic mass is 32.1. The summed E-state index contributed by atoms with van der Waals surface area (Å²) < 4.78 is 6.84. The van der Waals surface area contributed by atoms with E-state index in [2.05, 4.69) is 20.6 Å². The lowest BCUT2D eigenvalue weighted by Gasteiger charge is -2.08. The Hall–Kier alpha value is -3.99. The van der Waals surface area contributed by atoms with Gasteiger partial charge in [-0.3, -0.25) is 23.9 Å². The Kier molecular flexibility index (Phi) is 5.50. The monoisotopic (exact) mass is 439 g/mol. The van der Waals surface area contributed by atoms with Crippen LogP contribution >= 0.6 is 11.3 Å². The molecule has 3 aromatic heterocycles. The Morgan fingerprint density at radius 3 is 2.81 bits per heavy atom. The molecule has 0 unspecified atom stereocenters. The number of hydrogen-bond acceptors (Lipinski definition) is 7. The molecule has 10 nitrogen and oxygen atoms in total. The van der Waals surface area contributed by atoms with Gasteiger partial charge in [0.2, 0.25) is 11.8 Å². The van der Waals surface area contributed by atoms with Crippen molar-refractivity contribution in [3.63, 3.8) is 0 Å². The van der Waals surface area contributed by atoms with E-state index in [1.54, 1.807) is 41.8 Å². The topological polar surface area (TPSA) is 139 Å². The number of hydrogen-bond donors (Lipinski definition) is 3. The van der Waals surface area contributed by atoms with Crippen molar-refractivity contribution in [3.05, 3.63) is 68.4 Å². The number of H-pyrrole nitrogens is 1. The first-order valence-corrected chi connectivity index (χ1v) is 10.1. The summed E-state index contributed by atoms with van der Waals surface area (Å²) in [4.78, 5) is 54.2. The van der Waals surface area contributed by atoms with Gasteiger partial charge >= 0.3 is 5.69 Å². The smallest absolute Gasteiger partial charge is 0.329 e. The van der Waals surface area contributed by atoms with Gasteiger partial charge in [0.05, 0.1) is 17.4 Å². The Morgan fingerprint density at radius 1 is 1.19 bits per heavy atom. The Morgan fingerprint density at radius 2 is 2.00 bits per heavy atom. The zero-order valence-electron chi connectivity index (χ0n) is 16.3. The van der Waals surface area contributed by atoms with Gasteiger partial charge in [-0.2, -0.15) is 0 Å². The minimum Gasteiger partial charge on any atom is -0.458 e. The van der Waals surface area contributed by atoms with E-state index in [1.165, 1.54) is 22.8 Å². The highest BCUT2D eigenvalue weighted by Gasteiger charge is 2.14. The number of benzene rings is 1. The average Bonchev–Trinajstić information content (AvgIpc) is 3.39. The van der Waals surface area contributed by atoms with Gasteiger partial charge in [-0.05, 0) is 24.3 Å². The lowest BCUT2D eigenvalue weighted by Crippen LogP contribution is -2.33. The number of nitrogens with one attached hydrogen (secondary N) is 3. The summed E-state index contributed by atoms with van der Waals surface area (Å²) in [5, 5.41) is 7.67. The van der Waals surface area contributed by atoms with E-state index < -0.39 is 17.2 Å². The summed E-state index contributed by atoms with van der Waals surface area (Å²) in [6, 6.07) is 10.0. The molecule has 31 heavy (non-hydrogen) atoms. The molecular formula is C20H17N5O5S. The van der Waals surface area contributed by atoms with Crippen LogP contribution < -0.4 is 21.9 Å². The van der Waals surface area contributed by atoms with Crippen LogP contribution in [0.2, 0.25) is 0 Å². The molecule has 0 aliphatic heterocycles. The van der Waals surface area contributed by atoms with Crippen molar-refractivity contribution in [2.75, 3.05) is 5.32 Å². The maximum atomic E-state index is 12.5. The summed E-state index contributed by atoms with van der Waals surface area (Å²) in [6.45, 7) is 1.40. The van der Waals surface area contributed by atoms with Crippen molar-refractivity contribution in [2.24, 2.45) is 0 Å². The van der Waals surface area contributed by atoms with Crippen molar-refractivity contribution in [1.82, 2.24) is 19.9 Å². The molecule has 0 aliphatic carbocycles. The number of rotatable bonds is 6. The van der Waals surface area contributed by atoms with Crippen LogP contribution in [0.15, 0.2) is 55.8 Å². The molecule has 4 rings (SSSR count). The Bertz CT molecular complexity index is 1400. The van der Waals surface area contributed by atoms with E-state index in [-0.39, 0.29) is 19.0 Å². The van der Waals surface area contributed by atoms with Crippen molar-refractivity contribution in [1.29, 1.82) is 0 Å². The molecule has 2 amide bonds. The van der Waals surface area contributed by atoms with Gasteiger partial charge in [0, 0.05) is 12.3 Å². The molecule has 158 valence electrons. The highest BCUT2D eigenvalue weighted by molar-refractivity contribution is 7.14. The van der Waals surface area contributed by atoms with Crippen LogP contribution in [0.3, 0.4) is 0 Å². The number of nitrogens with zero attached hydrogens (tertiary/aromatic N) is 2. The molecule has 4 aromatic rings. The molecule has 0 spiro atoms. The number of carbonyl (C=O) groups excluding carboxylic acids is 2. The third-order valence-corrected chi connectivity index (χ3v) is 5.14. The van der Waals surface area contributed by atoms with Crippen LogP contribution in [-0.4, -0.2) is 26.3 Å². The normalized spacial score (nSPS) is 10.9. The molecule has 3 N–H and O–H groups in total. The molecule has 0 saturated heterocycles. The summed E-state index contributed by atoms with van der Waals surface area (Å²) in [7, 11) is 0. The third-order valence-electron chi connectivity index (χ3n) is 4.38. The first kappa shape index (κ1) is 20.3. The number of anilines is 1. The van der Waals surface area contributed by atoms with Crippen LogP contribution in [0.25, 0.3) is 22.4 Å². The first-order chi connectivity index (χ1) is 14.9. The predicted octanol–water partition coefficient (Wildman–Crippen LogP) is 1.68. The largest absolute Gasteiger partial charge is 0.458 e. The second-order valence-corrected chi connectivity index (χ2v) is 7.48. The fraction of sp³-hybridized carbons (Fsp3) is 0.150. The zero-order chi connectivity index (χ0) is 22.0. The van der Waals surface area contributed by atoms with E-state index >= 15 is 0 Å². The van der Waals surface area contributed by atoms with Crippen LogP contribution in [0.5, 0.6) is 0 Å². The van der Waals surface area contributed by atoms with Gasteiger partial charge in [0.1, 0.15) is 18.0 Å². The van der Waals surface area contributed by atoms with E-state index in [4.69, 9.17) is 4.42 Å². The quantitative estimate of drug-likeness (QED) is 0.418. The van der Waals surface area contributed by atoms with Gasteiger partial charge in [0.15, 0.2) is 10.9 Å². The number of furan rings is 1. The SMILES string of the molecule is CC(=O)NCc1ccc(-c2csc(NC(=O)Cn3c(=O)[nH]c(=O)c4ccccc43)n2)o1. The van der Waals surface area contributed by atoms with E-state index in [1.807, 2.05) is 0 Å². The van der Waals surface area contributed by atoms with Crippen LogP contribution in [0.4, 0.5) is 5.13 Å². The number of para-hydroxylation sites is 1. The average molecular weight is 439 g/mol. The fourth-order valence-corrected chi connectivity index (χ4v) is 3.68. The molecule has 0 saturated carbocycles. The second kappa shape index (κ2) is 8.40. The minimum absolute atomic E-state index is 0.161. The van der Waals surface area contributed by atoms with Gasteiger partial charge in [-0.1, -0.05) is 12.1 Å². The maximum Gasteiger partial charge on any atom is 0.329 e. The molecule has 1 aromatic carbocycles. The first-order valence-electron chi connectivity index (χ1n) is 9.21.